The van der Waals surface area contributed by atoms with Crippen molar-refractivity contribution < 1.29 is 22.7 Å². The summed E-state index contributed by atoms with van der Waals surface area (Å²) in [6, 6.07) is 15.8. The van der Waals surface area contributed by atoms with Crippen molar-refractivity contribution in [2.75, 3.05) is 30.0 Å². The summed E-state index contributed by atoms with van der Waals surface area (Å²) >= 11 is 6.09. The number of para-hydroxylation sites is 1. The fourth-order valence-corrected chi connectivity index (χ4v) is 5.63. The molecule has 1 atom stereocenters. The summed E-state index contributed by atoms with van der Waals surface area (Å²) in [5, 5.41) is 7.87. The SMILES string of the molecule is CC(C)COc1ccc(-c2cc(NC(=O)COc3ccccc3Cl)n([C@H]3CCS(=O)(=O)C3)n2)cc1. The van der Waals surface area contributed by atoms with Gasteiger partial charge in [-0.05, 0) is 48.7 Å². The normalized spacial score (nSPS) is 16.9. The van der Waals surface area contributed by atoms with Crippen LogP contribution in [0.2, 0.25) is 5.02 Å². The number of hydrogen-bond donors (Lipinski definition) is 1. The molecule has 1 aliphatic heterocycles. The molecular weight excluding hydrogens is 490 g/mol. The Hall–Kier alpha value is -3.04. The molecule has 1 aromatic heterocycles. The van der Waals surface area contributed by atoms with Gasteiger partial charge in [-0.2, -0.15) is 5.10 Å². The Bertz CT molecular complexity index is 1290. The van der Waals surface area contributed by atoms with E-state index < -0.39 is 15.7 Å². The minimum absolute atomic E-state index is 0.0188. The minimum Gasteiger partial charge on any atom is -0.493 e. The quantitative estimate of drug-likeness (QED) is 0.445. The zero-order chi connectivity index (χ0) is 25.0. The minimum atomic E-state index is -3.14. The van der Waals surface area contributed by atoms with Crippen molar-refractivity contribution in [3.05, 3.63) is 59.6 Å². The molecule has 2 aromatic carbocycles. The van der Waals surface area contributed by atoms with Gasteiger partial charge in [0.1, 0.15) is 17.3 Å². The van der Waals surface area contributed by atoms with Crippen LogP contribution in [0.3, 0.4) is 0 Å². The summed E-state index contributed by atoms with van der Waals surface area (Å²) in [6.45, 7) is 4.53. The highest BCUT2D eigenvalue weighted by Crippen LogP contribution is 2.31. The first kappa shape index (κ1) is 25.1. The largest absolute Gasteiger partial charge is 0.493 e. The summed E-state index contributed by atoms with van der Waals surface area (Å²) < 4.78 is 37.0. The summed E-state index contributed by atoms with van der Waals surface area (Å²) in [4.78, 5) is 12.7. The van der Waals surface area contributed by atoms with Gasteiger partial charge in [0.2, 0.25) is 0 Å². The fraction of sp³-hybridized carbons (Fsp3) is 0.360. The molecule has 10 heteroatoms. The standard InChI is InChI=1S/C25H28ClN3O5S/c1-17(2)14-33-20-9-7-18(8-10-20)22-13-24(29(28-22)19-11-12-35(31,32)16-19)27-25(30)15-34-23-6-4-3-5-21(23)26/h3-10,13,17,19H,11-12,14-16H2,1-2H3,(H,27,30)/t19-/m0/s1. The number of ether oxygens (including phenoxy) is 2. The number of amides is 1. The van der Waals surface area contributed by atoms with Gasteiger partial charge in [0.25, 0.3) is 5.91 Å². The summed E-state index contributed by atoms with van der Waals surface area (Å²) in [6.07, 6.45) is 0.435. The van der Waals surface area contributed by atoms with E-state index >= 15 is 0 Å². The lowest BCUT2D eigenvalue weighted by atomic mass is 10.1. The van der Waals surface area contributed by atoms with Crippen molar-refractivity contribution in [3.8, 4) is 22.8 Å². The molecule has 1 saturated heterocycles. The Morgan fingerprint density at radius 3 is 2.57 bits per heavy atom. The van der Waals surface area contributed by atoms with Gasteiger partial charge in [-0.25, -0.2) is 13.1 Å². The van der Waals surface area contributed by atoms with E-state index in [2.05, 4.69) is 24.3 Å². The summed E-state index contributed by atoms with van der Waals surface area (Å²) in [5.74, 6) is 1.66. The van der Waals surface area contributed by atoms with Crippen LogP contribution in [0.15, 0.2) is 54.6 Å². The Balaban J connectivity index is 1.53. The molecule has 0 aliphatic carbocycles. The van der Waals surface area contributed by atoms with Gasteiger partial charge in [-0.15, -0.1) is 0 Å². The van der Waals surface area contributed by atoms with E-state index in [1.165, 1.54) is 0 Å². The van der Waals surface area contributed by atoms with Crippen molar-refractivity contribution in [1.29, 1.82) is 0 Å². The Kier molecular flexibility index (Phi) is 7.66. The third-order valence-electron chi connectivity index (χ3n) is 5.49. The number of nitrogens with one attached hydrogen (secondary N) is 1. The maximum absolute atomic E-state index is 12.7. The van der Waals surface area contributed by atoms with Crippen LogP contribution < -0.4 is 14.8 Å². The summed E-state index contributed by atoms with van der Waals surface area (Å²) in [7, 11) is -3.14. The van der Waals surface area contributed by atoms with Crippen LogP contribution in [-0.4, -0.2) is 48.8 Å². The van der Waals surface area contributed by atoms with E-state index in [4.69, 9.17) is 21.1 Å². The Morgan fingerprint density at radius 2 is 1.91 bits per heavy atom. The van der Waals surface area contributed by atoms with Crippen LogP contribution in [-0.2, 0) is 14.6 Å². The lowest BCUT2D eigenvalue weighted by Crippen LogP contribution is -2.23. The van der Waals surface area contributed by atoms with Gasteiger partial charge < -0.3 is 14.8 Å². The van der Waals surface area contributed by atoms with Gasteiger partial charge in [0, 0.05) is 11.6 Å². The van der Waals surface area contributed by atoms with Crippen LogP contribution in [0.4, 0.5) is 5.82 Å². The highest BCUT2D eigenvalue weighted by molar-refractivity contribution is 7.91. The van der Waals surface area contributed by atoms with E-state index in [0.717, 1.165) is 11.3 Å². The molecule has 1 fully saturated rings. The number of sulfone groups is 1. The van der Waals surface area contributed by atoms with Crippen molar-refractivity contribution >= 4 is 33.2 Å². The van der Waals surface area contributed by atoms with Crippen LogP contribution in [0, 0.1) is 5.92 Å². The number of carbonyl (C=O) groups is 1. The highest BCUT2D eigenvalue weighted by atomic mass is 35.5. The highest BCUT2D eigenvalue weighted by Gasteiger charge is 2.32. The fourth-order valence-electron chi connectivity index (χ4n) is 3.74. The molecule has 186 valence electrons. The topological polar surface area (TPSA) is 99.5 Å². The third-order valence-corrected chi connectivity index (χ3v) is 7.55. The Labute approximate surface area is 210 Å². The lowest BCUT2D eigenvalue weighted by molar-refractivity contribution is -0.118. The first-order valence-corrected chi connectivity index (χ1v) is 13.6. The van der Waals surface area contributed by atoms with Crippen molar-refractivity contribution in [2.24, 2.45) is 5.92 Å². The summed E-state index contributed by atoms with van der Waals surface area (Å²) in [5.41, 5.74) is 1.44. The number of anilines is 1. The van der Waals surface area contributed by atoms with Crippen molar-refractivity contribution in [2.45, 2.75) is 26.3 Å². The molecule has 2 heterocycles. The number of carbonyl (C=O) groups excluding carboxylic acids is 1. The van der Waals surface area contributed by atoms with Crippen LogP contribution in [0.1, 0.15) is 26.3 Å². The molecule has 35 heavy (non-hydrogen) atoms. The van der Waals surface area contributed by atoms with E-state index in [-0.39, 0.29) is 24.2 Å². The first-order valence-electron chi connectivity index (χ1n) is 11.4. The number of aromatic nitrogens is 2. The Morgan fingerprint density at radius 1 is 1.17 bits per heavy atom. The predicted octanol–water partition coefficient (Wildman–Crippen LogP) is 4.62. The maximum atomic E-state index is 12.7. The first-order chi connectivity index (χ1) is 16.7. The molecule has 8 nitrogen and oxygen atoms in total. The number of nitrogens with zero attached hydrogens (tertiary/aromatic N) is 2. The predicted molar refractivity (Wildman–Crippen MR) is 136 cm³/mol. The average molecular weight is 518 g/mol. The molecule has 1 amide bonds. The van der Waals surface area contributed by atoms with E-state index in [1.54, 1.807) is 35.0 Å². The smallest absolute Gasteiger partial charge is 0.263 e. The average Bonchev–Trinajstić information content (AvgIpc) is 3.40. The van der Waals surface area contributed by atoms with Gasteiger partial charge in [-0.3, -0.25) is 4.79 Å². The van der Waals surface area contributed by atoms with E-state index in [9.17, 15) is 13.2 Å². The molecule has 1 N–H and O–H groups in total. The molecule has 0 spiro atoms. The van der Waals surface area contributed by atoms with Crippen LogP contribution in [0.25, 0.3) is 11.3 Å². The van der Waals surface area contributed by atoms with E-state index in [1.807, 2.05) is 24.3 Å². The third kappa shape index (κ3) is 6.55. The molecule has 1 aliphatic rings. The second kappa shape index (κ2) is 10.7. The second-order valence-corrected chi connectivity index (χ2v) is 11.5. The molecule has 0 unspecified atom stereocenters. The molecular formula is C25H28ClN3O5S. The zero-order valence-corrected chi connectivity index (χ0v) is 21.2. The van der Waals surface area contributed by atoms with Gasteiger partial charge in [0.15, 0.2) is 16.4 Å². The molecule has 4 rings (SSSR count). The van der Waals surface area contributed by atoms with E-state index in [0.29, 0.717) is 41.2 Å². The van der Waals surface area contributed by atoms with Crippen molar-refractivity contribution in [3.63, 3.8) is 0 Å². The zero-order valence-electron chi connectivity index (χ0n) is 19.6. The van der Waals surface area contributed by atoms with Gasteiger partial charge in [0.05, 0.1) is 34.9 Å². The molecule has 0 bridgehead atoms. The maximum Gasteiger partial charge on any atom is 0.263 e. The van der Waals surface area contributed by atoms with Crippen molar-refractivity contribution in [1.82, 2.24) is 9.78 Å². The number of halogens is 1. The second-order valence-electron chi connectivity index (χ2n) is 8.91. The molecule has 0 saturated carbocycles. The molecule has 0 radical (unpaired) electrons. The van der Waals surface area contributed by atoms with Gasteiger partial charge >= 0.3 is 0 Å². The van der Waals surface area contributed by atoms with Crippen LogP contribution >= 0.6 is 11.6 Å². The van der Waals surface area contributed by atoms with Crippen LogP contribution in [0.5, 0.6) is 11.5 Å². The number of rotatable bonds is 9. The monoisotopic (exact) mass is 517 g/mol. The molecule has 3 aromatic rings. The van der Waals surface area contributed by atoms with Gasteiger partial charge in [-0.1, -0.05) is 37.6 Å². The lowest BCUT2D eigenvalue weighted by Gasteiger charge is -2.14. The number of benzene rings is 2. The number of hydrogen-bond acceptors (Lipinski definition) is 6.